The van der Waals surface area contributed by atoms with E-state index in [-0.39, 0.29) is 12.0 Å². The first-order valence-corrected chi connectivity index (χ1v) is 7.68. The summed E-state index contributed by atoms with van der Waals surface area (Å²) in [6, 6.07) is 9.30. The molecule has 0 amide bonds. The van der Waals surface area contributed by atoms with Crippen molar-refractivity contribution in [2.45, 2.75) is 38.6 Å². The van der Waals surface area contributed by atoms with E-state index in [4.69, 9.17) is 0 Å². The molecule has 0 bridgehead atoms. The summed E-state index contributed by atoms with van der Waals surface area (Å²) in [5.74, 6) is 0. The van der Waals surface area contributed by atoms with Gasteiger partial charge in [0.1, 0.15) is 0 Å². The van der Waals surface area contributed by atoms with E-state index in [1.807, 2.05) is 0 Å². The summed E-state index contributed by atoms with van der Waals surface area (Å²) in [4.78, 5) is 2.48. The van der Waals surface area contributed by atoms with Crippen LogP contribution in [0.1, 0.15) is 44.4 Å². The lowest BCUT2D eigenvalue weighted by atomic mass is 9.86. The van der Waals surface area contributed by atoms with E-state index in [1.165, 1.54) is 11.1 Å². The summed E-state index contributed by atoms with van der Waals surface area (Å²) in [6.07, 6.45) is 0.814. The Bertz CT molecular complexity index is 402. The molecule has 1 saturated heterocycles. The van der Waals surface area contributed by atoms with Gasteiger partial charge in [0.25, 0.3) is 0 Å². The lowest BCUT2D eigenvalue weighted by Crippen LogP contribution is -2.45. The molecule has 20 heavy (non-hydrogen) atoms. The van der Waals surface area contributed by atoms with Crippen LogP contribution >= 0.6 is 0 Å². The van der Waals surface area contributed by atoms with Crippen LogP contribution in [0, 0.1) is 0 Å². The number of aliphatic hydroxyl groups excluding tert-OH is 1. The minimum atomic E-state index is 0.194. The quantitative estimate of drug-likeness (QED) is 0.886. The molecule has 1 aromatic rings. The number of nitrogens with zero attached hydrogens (tertiary/aromatic N) is 1. The largest absolute Gasteiger partial charge is 0.396 e. The average molecular weight is 276 g/mol. The third kappa shape index (κ3) is 3.81. The predicted octanol–water partition coefficient (Wildman–Crippen LogP) is 2.31. The molecule has 112 valence electrons. The fourth-order valence-electron chi connectivity index (χ4n) is 2.88. The van der Waals surface area contributed by atoms with Crippen molar-refractivity contribution in [1.29, 1.82) is 0 Å². The van der Waals surface area contributed by atoms with Gasteiger partial charge in [-0.2, -0.15) is 0 Å². The van der Waals surface area contributed by atoms with Crippen molar-refractivity contribution >= 4 is 0 Å². The van der Waals surface area contributed by atoms with Crippen LogP contribution in [0.3, 0.4) is 0 Å². The predicted molar refractivity (Wildman–Crippen MR) is 84.0 cm³/mol. The van der Waals surface area contributed by atoms with Crippen LogP contribution in [0.2, 0.25) is 0 Å². The molecule has 0 saturated carbocycles. The van der Waals surface area contributed by atoms with E-state index in [0.29, 0.717) is 6.04 Å². The van der Waals surface area contributed by atoms with E-state index < -0.39 is 0 Å². The van der Waals surface area contributed by atoms with Crippen LogP contribution in [0.25, 0.3) is 0 Å². The first kappa shape index (κ1) is 15.5. The van der Waals surface area contributed by atoms with E-state index >= 15 is 0 Å². The monoisotopic (exact) mass is 276 g/mol. The van der Waals surface area contributed by atoms with Crippen LogP contribution in [-0.2, 0) is 5.41 Å². The van der Waals surface area contributed by atoms with Gasteiger partial charge in [0.2, 0.25) is 0 Å². The number of nitrogens with one attached hydrogen (secondary N) is 1. The molecule has 1 aromatic carbocycles. The zero-order valence-electron chi connectivity index (χ0n) is 13.0. The van der Waals surface area contributed by atoms with E-state index in [0.717, 1.165) is 32.6 Å². The molecule has 0 aliphatic carbocycles. The van der Waals surface area contributed by atoms with Gasteiger partial charge in [0, 0.05) is 38.8 Å². The molecule has 1 atom stereocenters. The molecule has 2 N–H and O–H groups in total. The number of benzene rings is 1. The van der Waals surface area contributed by atoms with Crippen molar-refractivity contribution in [2.75, 3.05) is 32.8 Å². The molecule has 3 nitrogen and oxygen atoms in total. The number of hydrogen-bond acceptors (Lipinski definition) is 3. The maximum Gasteiger partial charge on any atom is 0.0449 e. The lowest BCUT2D eigenvalue weighted by Gasteiger charge is -2.35. The van der Waals surface area contributed by atoms with E-state index in [1.54, 1.807) is 0 Å². The highest BCUT2D eigenvalue weighted by atomic mass is 16.3. The van der Waals surface area contributed by atoms with Crippen molar-refractivity contribution in [1.82, 2.24) is 10.2 Å². The molecular formula is C17H28N2O. The number of rotatable bonds is 4. The van der Waals surface area contributed by atoms with Crippen LogP contribution in [0.5, 0.6) is 0 Å². The molecule has 1 aliphatic rings. The van der Waals surface area contributed by atoms with Crippen molar-refractivity contribution in [3.8, 4) is 0 Å². The normalized spacial score (nSPS) is 19.0. The summed E-state index contributed by atoms with van der Waals surface area (Å²) in [7, 11) is 0. The lowest BCUT2D eigenvalue weighted by molar-refractivity contribution is 0.141. The smallest absolute Gasteiger partial charge is 0.0449 e. The highest BCUT2D eigenvalue weighted by Crippen LogP contribution is 2.28. The SMILES string of the molecule is CC(C)(C)c1ccc([C@H](CCO)N2CCNCC2)cc1. The molecule has 0 unspecified atom stereocenters. The molecular weight excluding hydrogens is 248 g/mol. The second-order valence-corrected chi connectivity index (χ2v) is 6.69. The first-order valence-electron chi connectivity index (χ1n) is 7.68. The zero-order chi connectivity index (χ0) is 14.6. The van der Waals surface area contributed by atoms with Crippen molar-refractivity contribution < 1.29 is 5.11 Å². The maximum absolute atomic E-state index is 9.37. The fraction of sp³-hybridized carbons (Fsp3) is 0.647. The number of aliphatic hydroxyl groups is 1. The highest BCUT2D eigenvalue weighted by molar-refractivity contribution is 5.29. The topological polar surface area (TPSA) is 35.5 Å². The molecule has 1 heterocycles. The molecule has 0 radical (unpaired) electrons. The van der Waals surface area contributed by atoms with Gasteiger partial charge in [-0.25, -0.2) is 0 Å². The van der Waals surface area contributed by atoms with Crippen LogP contribution in [-0.4, -0.2) is 42.8 Å². The van der Waals surface area contributed by atoms with Crippen molar-refractivity contribution in [3.63, 3.8) is 0 Å². The Kier molecular flexibility index (Phi) is 5.19. The summed E-state index contributed by atoms with van der Waals surface area (Å²) < 4.78 is 0. The number of piperazine rings is 1. The third-order valence-corrected chi connectivity index (χ3v) is 4.16. The van der Waals surface area contributed by atoms with Gasteiger partial charge in [-0.15, -0.1) is 0 Å². The third-order valence-electron chi connectivity index (χ3n) is 4.16. The molecule has 0 aromatic heterocycles. The van der Waals surface area contributed by atoms with Gasteiger partial charge in [0.05, 0.1) is 0 Å². The van der Waals surface area contributed by atoms with Gasteiger partial charge >= 0.3 is 0 Å². The Morgan fingerprint density at radius 2 is 1.75 bits per heavy atom. The molecule has 2 rings (SSSR count). The van der Waals surface area contributed by atoms with Crippen LogP contribution in [0.15, 0.2) is 24.3 Å². The molecule has 3 heteroatoms. The van der Waals surface area contributed by atoms with Crippen LogP contribution in [0.4, 0.5) is 0 Å². The Hall–Kier alpha value is -0.900. The molecule has 1 fully saturated rings. The van der Waals surface area contributed by atoms with E-state index in [9.17, 15) is 5.11 Å². The van der Waals surface area contributed by atoms with Gasteiger partial charge < -0.3 is 10.4 Å². The minimum absolute atomic E-state index is 0.194. The van der Waals surface area contributed by atoms with Gasteiger partial charge in [0.15, 0.2) is 0 Å². The summed E-state index contributed by atoms with van der Waals surface area (Å²) in [5, 5.41) is 12.8. The fourth-order valence-corrected chi connectivity index (χ4v) is 2.88. The first-order chi connectivity index (χ1) is 9.52. The second kappa shape index (κ2) is 6.70. The number of hydrogen-bond donors (Lipinski definition) is 2. The minimum Gasteiger partial charge on any atom is -0.396 e. The second-order valence-electron chi connectivity index (χ2n) is 6.69. The summed E-state index contributed by atoms with van der Waals surface area (Å²) in [6.45, 7) is 11.2. The molecule has 1 aliphatic heterocycles. The van der Waals surface area contributed by atoms with E-state index in [2.05, 4.69) is 55.3 Å². The maximum atomic E-state index is 9.37. The average Bonchev–Trinajstić information content (AvgIpc) is 2.45. The van der Waals surface area contributed by atoms with Crippen molar-refractivity contribution in [3.05, 3.63) is 35.4 Å². The summed E-state index contributed by atoms with van der Waals surface area (Å²) in [5.41, 5.74) is 2.89. The van der Waals surface area contributed by atoms with Gasteiger partial charge in [-0.05, 0) is 23.0 Å². The Balaban J connectivity index is 2.16. The van der Waals surface area contributed by atoms with Crippen LogP contribution < -0.4 is 5.32 Å². The van der Waals surface area contributed by atoms with Crippen molar-refractivity contribution in [2.24, 2.45) is 0 Å². The Morgan fingerprint density at radius 1 is 1.15 bits per heavy atom. The summed E-state index contributed by atoms with van der Waals surface area (Å²) >= 11 is 0. The Morgan fingerprint density at radius 3 is 2.25 bits per heavy atom. The Labute approximate surface area is 123 Å². The zero-order valence-corrected chi connectivity index (χ0v) is 13.0. The van der Waals surface area contributed by atoms with Gasteiger partial charge in [-0.1, -0.05) is 45.0 Å². The molecule has 0 spiro atoms. The van der Waals surface area contributed by atoms with Gasteiger partial charge in [-0.3, -0.25) is 4.90 Å². The highest BCUT2D eigenvalue weighted by Gasteiger charge is 2.22. The standard InChI is InChI=1S/C17H28N2O/c1-17(2,3)15-6-4-14(5-7-15)16(8-13-20)19-11-9-18-10-12-19/h4-7,16,18,20H,8-13H2,1-3H3/t16-/m0/s1.